The minimum absolute atomic E-state index is 0.141. The van der Waals surface area contributed by atoms with Gasteiger partial charge in [0.25, 0.3) is 0 Å². The number of hydrogen-bond acceptors (Lipinski definition) is 3. The van der Waals surface area contributed by atoms with Crippen LogP contribution in [0.1, 0.15) is 46.0 Å². The highest BCUT2D eigenvalue weighted by Crippen LogP contribution is 2.21. The lowest BCUT2D eigenvalue weighted by Crippen LogP contribution is -2.44. The summed E-state index contributed by atoms with van der Waals surface area (Å²) in [5.74, 6) is 0.489. The zero-order valence-electron chi connectivity index (χ0n) is 10.5. The highest BCUT2D eigenvalue weighted by Gasteiger charge is 2.23. The van der Waals surface area contributed by atoms with Crippen molar-refractivity contribution in [2.24, 2.45) is 16.8 Å². The Morgan fingerprint density at radius 2 is 2.31 bits per heavy atom. The largest absolute Gasteiger partial charge is 0.409 e. The second-order valence-electron chi connectivity index (χ2n) is 4.86. The molecule has 0 amide bonds. The van der Waals surface area contributed by atoms with Gasteiger partial charge in [-0.3, -0.25) is 4.90 Å². The molecule has 0 aromatic carbocycles. The third kappa shape index (κ3) is 3.67. The molecule has 1 fully saturated rings. The van der Waals surface area contributed by atoms with Gasteiger partial charge in [0.05, 0.1) is 0 Å². The molecule has 0 saturated carbocycles. The van der Waals surface area contributed by atoms with Crippen LogP contribution in [0.25, 0.3) is 0 Å². The standard InChI is InChI=1S/C12H25N3O/c1-3-6-11-7-4-5-8-15(11)9-10(2)12(13)14-16/h10-11,16H,3-9H2,1-2H3,(H2,13,14). The molecule has 4 nitrogen and oxygen atoms in total. The summed E-state index contributed by atoms with van der Waals surface area (Å²) in [6.07, 6.45) is 6.43. The van der Waals surface area contributed by atoms with Crippen LogP contribution in [0.5, 0.6) is 0 Å². The van der Waals surface area contributed by atoms with Crippen LogP contribution in [0.4, 0.5) is 0 Å². The molecule has 1 aliphatic rings. The predicted octanol–water partition coefficient (Wildman–Crippen LogP) is 2.02. The molecule has 0 aromatic heterocycles. The lowest BCUT2D eigenvalue weighted by atomic mass is 9.96. The van der Waals surface area contributed by atoms with Crippen LogP contribution in [-0.4, -0.2) is 35.1 Å². The molecule has 0 bridgehead atoms. The van der Waals surface area contributed by atoms with E-state index in [1.165, 1.54) is 32.1 Å². The van der Waals surface area contributed by atoms with E-state index in [0.29, 0.717) is 11.9 Å². The van der Waals surface area contributed by atoms with Crippen molar-refractivity contribution in [3.63, 3.8) is 0 Å². The first-order valence-electron chi connectivity index (χ1n) is 6.40. The third-order valence-electron chi connectivity index (χ3n) is 3.50. The average molecular weight is 227 g/mol. The molecule has 1 rings (SSSR count). The van der Waals surface area contributed by atoms with Crippen molar-refractivity contribution in [2.45, 2.75) is 52.0 Å². The van der Waals surface area contributed by atoms with Gasteiger partial charge in [0.15, 0.2) is 0 Å². The predicted molar refractivity (Wildman–Crippen MR) is 66.7 cm³/mol. The van der Waals surface area contributed by atoms with E-state index in [1.807, 2.05) is 6.92 Å². The molecule has 0 aliphatic carbocycles. The number of rotatable bonds is 5. The Morgan fingerprint density at radius 3 is 2.94 bits per heavy atom. The maximum atomic E-state index is 8.65. The summed E-state index contributed by atoms with van der Waals surface area (Å²) in [6.45, 7) is 6.33. The number of likely N-dealkylation sites (tertiary alicyclic amines) is 1. The van der Waals surface area contributed by atoms with Crippen molar-refractivity contribution in [1.29, 1.82) is 0 Å². The Morgan fingerprint density at radius 1 is 1.56 bits per heavy atom. The maximum absolute atomic E-state index is 8.65. The molecule has 1 aliphatic heterocycles. The first-order valence-corrected chi connectivity index (χ1v) is 6.40. The molecule has 16 heavy (non-hydrogen) atoms. The summed E-state index contributed by atoms with van der Waals surface area (Å²) in [5, 5.41) is 11.7. The van der Waals surface area contributed by atoms with E-state index in [4.69, 9.17) is 10.9 Å². The molecule has 1 heterocycles. The fraction of sp³-hybridized carbons (Fsp3) is 0.917. The number of piperidine rings is 1. The summed E-state index contributed by atoms with van der Waals surface area (Å²) in [6, 6.07) is 0.702. The molecule has 4 heteroatoms. The van der Waals surface area contributed by atoms with Crippen molar-refractivity contribution < 1.29 is 5.21 Å². The highest BCUT2D eigenvalue weighted by atomic mass is 16.4. The van der Waals surface area contributed by atoms with E-state index < -0.39 is 0 Å². The van der Waals surface area contributed by atoms with Gasteiger partial charge in [0.2, 0.25) is 0 Å². The lowest BCUT2D eigenvalue weighted by molar-refractivity contribution is 0.130. The quantitative estimate of drug-likeness (QED) is 0.327. The number of hydrogen-bond donors (Lipinski definition) is 2. The Balaban J connectivity index is 2.48. The molecule has 0 spiro atoms. The highest BCUT2D eigenvalue weighted by molar-refractivity contribution is 5.82. The van der Waals surface area contributed by atoms with Crippen LogP contribution < -0.4 is 5.73 Å². The smallest absolute Gasteiger partial charge is 0.143 e. The van der Waals surface area contributed by atoms with E-state index in [-0.39, 0.29) is 5.92 Å². The lowest BCUT2D eigenvalue weighted by Gasteiger charge is -2.37. The van der Waals surface area contributed by atoms with Gasteiger partial charge in [0, 0.05) is 18.5 Å². The first-order chi connectivity index (χ1) is 7.69. The van der Waals surface area contributed by atoms with Gasteiger partial charge in [-0.1, -0.05) is 31.8 Å². The zero-order valence-corrected chi connectivity index (χ0v) is 10.5. The molecule has 0 radical (unpaired) electrons. The molecule has 2 unspecified atom stereocenters. The molecular weight excluding hydrogens is 202 g/mol. The van der Waals surface area contributed by atoms with Crippen LogP contribution in [0, 0.1) is 5.92 Å². The van der Waals surface area contributed by atoms with Gasteiger partial charge in [-0.05, 0) is 25.8 Å². The Hall–Kier alpha value is -0.770. The summed E-state index contributed by atoms with van der Waals surface area (Å²) in [7, 11) is 0. The average Bonchev–Trinajstić information content (AvgIpc) is 2.31. The van der Waals surface area contributed by atoms with E-state index >= 15 is 0 Å². The normalized spacial score (nSPS) is 25.6. The monoisotopic (exact) mass is 227 g/mol. The SMILES string of the molecule is CCCC1CCCCN1CC(C)C(N)=NO. The second-order valence-corrected chi connectivity index (χ2v) is 4.86. The number of nitrogens with two attached hydrogens (primary N) is 1. The van der Waals surface area contributed by atoms with Crippen LogP contribution in [0.15, 0.2) is 5.16 Å². The maximum Gasteiger partial charge on any atom is 0.143 e. The van der Waals surface area contributed by atoms with Crippen molar-refractivity contribution in [1.82, 2.24) is 4.90 Å². The van der Waals surface area contributed by atoms with E-state index in [1.54, 1.807) is 0 Å². The second kappa shape index (κ2) is 6.74. The summed E-state index contributed by atoms with van der Waals surface area (Å²) < 4.78 is 0. The number of oxime groups is 1. The Labute approximate surface area is 98.5 Å². The molecule has 0 aromatic rings. The van der Waals surface area contributed by atoms with Crippen LogP contribution in [0.2, 0.25) is 0 Å². The fourth-order valence-electron chi connectivity index (χ4n) is 2.50. The van der Waals surface area contributed by atoms with E-state index in [9.17, 15) is 0 Å². The van der Waals surface area contributed by atoms with Crippen molar-refractivity contribution in [3.8, 4) is 0 Å². The first kappa shape index (κ1) is 13.3. The summed E-state index contributed by atoms with van der Waals surface area (Å²) >= 11 is 0. The van der Waals surface area contributed by atoms with Gasteiger partial charge < -0.3 is 10.9 Å². The van der Waals surface area contributed by atoms with Crippen LogP contribution >= 0.6 is 0 Å². The van der Waals surface area contributed by atoms with E-state index in [0.717, 1.165) is 13.1 Å². The summed E-state index contributed by atoms with van der Waals surface area (Å²) in [4.78, 5) is 2.51. The van der Waals surface area contributed by atoms with Gasteiger partial charge >= 0.3 is 0 Å². The van der Waals surface area contributed by atoms with Gasteiger partial charge in [-0.2, -0.15) is 0 Å². The van der Waals surface area contributed by atoms with Crippen LogP contribution in [0.3, 0.4) is 0 Å². The number of amidine groups is 1. The minimum Gasteiger partial charge on any atom is -0.409 e. The van der Waals surface area contributed by atoms with E-state index in [2.05, 4.69) is 17.0 Å². The molecule has 3 N–H and O–H groups in total. The fourth-order valence-corrected chi connectivity index (χ4v) is 2.50. The van der Waals surface area contributed by atoms with Crippen LogP contribution in [-0.2, 0) is 0 Å². The molecule has 1 saturated heterocycles. The van der Waals surface area contributed by atoms with Crippen molar-refractivity contribution in [3.05, 3.63) is 0 Å². The topological polar surface area (TPSA) is 61.8 Å². The zero-order chi connectivity index (χ0) is 12.0. The van der Waals surface area contributed by atoms with Crippen molar-refractivity contribution in [2.75, 3.05) is 13.1 Å². The minimum atomic E-state index is 0.141. The Kier molecular flexibility index (Phi) is 5.60. The van der Waals surface area contributed by atoms with Crippen molar-refractivity contribution >= 4 is 5.84 Å². The number of nitrogens with zero attached hydrogens (tertiary/aromatic N) is 2. The molecule has 2 atom stereocenters. The molecular formula is C12H25N3O. The van der Waals surface area contributed by atoms with Gasteiger partial charge in [-0.15, -0.1) is 0 Å². The molecule has 94 valence electrons. The third-order valence-corrected chi connectivity index (χ3v) is 3.50. The Bertz CT molecular complexity index is 228. The summed E-state index contributed by atoms with van der Waals surface area (Å²) in [5.41, 5.74) is 5.63. The van der Waals surface area contributed by atoms with Gasteiger partial charge in [-0.25, -0.2) is 0 Å². The van der Waals surface area contributed by atoms with Gasteiger partial charge in [0.1, 0.15) is 5.84 Å².